The highest BCUT2D eigenvalue weighted by molar-refractivity contribution is 5.93. The number of hydrogen-bond acceptors (Lipinski definition) is 7. The maximum atomic E-state index is 6.23. The summed E-state index contributed by atoms with van der Waals surface area (Å²) in [6, 6.07) is 7.16. The predicted molar refractivity (Wildman–Crippen MR) is 148 cm³/mol. The molecule has 3 aromatic heterocycles. The molecule has 0 amide bonds. The lowest BCUT2D eigenvalue weighted by atomic mass is 9.86. The zero-order chi connectivity index (χ0) is 26.2. The van der Waals surface area contributed by atoms with Crippen LogP contribution in [-0.4, -0.2) is 81.1 Å². The number of fused-ring (bicyclic) bond motifs is 4. The molecule has 1 fully saturated rings. The fourth-order valence-corrected chi connectivity index (χ4v) is 5.29. The average Bonchev–Trinajstić information content (AvgIpc) is 3.53. The molecule has 4 heterocycles. The molecule has 2 aliphatic rings. The number of aromatic amines is 1. The molecule has 0 spiro atoms. The minimum absolute atomic E-state index is 0.379. The van der Waals surface area contributed by atoms with Crippen molar-refractivity contribution in [2.75, 3.05) is 40.4 Å². The molecular weight excluding hydrogens is 480 g/mol. The van der Waals surface area contributed by atoms with Gasteiger partial charge in [0.15, 0.2) is 0 Å². The van der Waals surface area contributed by atoms with E-state index in [1.54, 1.807) is 4.68 Å². The van der Waals surface area contributed by atoms with Gasteiger partial charge in [-0.2, -0.15) is 10.2 Å². The van der Waals surface area contributed by atoms with Crippen molar-refractivity contribution in [3.63, 3.8) is 0 Å². The Morgan fingerprint density at radius 2 is 2.00 bits per heavy atom. The summed E-state index contributed by atoms with van der Waals surface area (Å²) in [7, 11) is 6.11. The van der Waals surface area contributed by atoms with Crippen LogP contribution in [0.2, 0.25) is 0 Å². The second-order valence-corrected chi connectivity index (χ2v) is 10.6. The number of aromatic nitrogens is 6. The van der Waals surface area contributed by atoms with E-state index in [-0.39, 0.29) is 0 Å². The van der Waals surface area contributed by atoms with E-state index < -0.39 is 0 Å². The van der Waals surface area contributed by atoms with E-state index in [4.69, 9.17) is 14.6 Å². The Kier molecular flexibility index (Phi) is 6.67. The highest BCUT2D eigenvalue weighted by atomic mass is 16.5. The molecule has 38 heavy (non-hydrogen) atoms. The van der Waals surface area contributed by atoms with Crippen LogP contribution in [0, 0.1) is 6.92 Å². The van der Waals surface area contributed by atoms with Gasteiger partial charge in [0.2, 0.25) is 11.8 Å². The zero-order valence-corrected chi connectivity index (χ0v) is 22.6. The molecule has 10 nitrogen and oxygen atoms in total. The second kappa shape index (κ2) is 10.3. The van der Waals surface area contributed by atoms with Gasteiger partial charge in [-0.3, -0.25) is 9.78 Å². The molecule has 6 rings (SSSR count). The summed E-state index contributed by atoms with van der Waals surface area (Å²) in [5.41, 5.74) is 6.00. The zero-order valence-electron chi connectivity index (χ0n) is 22.6. The second-order valence-electron chi connectivity index (χ2n) is 10.6. The summed E-state index contributed by atoms with van der Waals surface area (Å²) >= 11 is 0. The van der Waals surface area contributed by atoms with Crippen LogP contribution in [0.3, 0.4) is 0 Å². The molecule has 10 heteroatoms. The first-order valence-electron chi connectivity index (χ1n) is 13.4. The van der Waals surface area contributed by atoms with Gasteiger partial charge < -0.3 is 19.7 Å². The van der Waals surface area contributed by atoms with Crippen molar-refractivity contribution in [3.8, 4) is 22.9 Å². The monoisotopic (exact) mass is 516 g/mol. The predicted octanol–water partition coefficient (Wildman–Crippen LogP) is 3.65. The average molecular weight is 517 g/mol. The Morgan fingerprint density at radius 3 is 2.84 bits per heavy atom. The Hall–Kier alpha value is -3.63. The summed E-state index contributed by atoms with van der Waals surface area (Å²) in [5.74, 6) is 1.42. The molecule has 1 aliphatic heterocycles. The van der Waals surface area contributed by atoms with Crippen LogP contribution >= 0.6 is 0 Å². The fraction of sp³-hybridized carbons (Fsp3) is 0.464. The molecule has 0 atom stereocenters. The number of hydrogen-bond donors (Lipinski definition) is 2. The van der Waals surface area contributed by atoms with E-state index in [0.29, 0.717) is 31.2 Å². The highest BCUT2D eigenvalue weighted by Crippen LogP contribution is 2.37. The Bertz CT molecular complexity index is 1460. The number of likely N-dealkylation sites (N-methyl/N-ethyl adjacent to an activating group) is 1. The Balaban J connectivity index is 1.30. The van der Waals surface area contributed by atoms with Gasteiger partial charge >= 0.3 is 0 Å². The molecule has 0 unspecified atom stereocenters. The number of nitrogens with zero attached hydrogens (tertiary/aromatic N) is 6. The van der Waals surface area contributed by atoms with Crippen molar-refractivity contribution < 1.29 is 9.47 Å². The van der Waals surface area contributed by atoms with Crippen molar-refractivity contribution in [2.24, 2.45) is 7.05 Å². The number of rotatable bonds is 5. The third kappa shape index (κ3) is 4.69. The Morgan fingerprint density at radius 1 is 1.16 bits per heavy atom. The van der Waals surface area contributed by atoms with E-state index in [0.717, 1.165) is 77.2 Å². The lowest BCUT2D eigenvalue weighted by molar-refractivity contribution is 0.196. The third-order valence-corrected chi connectivity index (χ3v) is 7.58. The molecule has 200 valence electrons. The molecule has 0 radical (unpaired) electrons. The van der Waals surface area contributed by atoms with E-state index >= 15 is 0 Å². The number of nitrogens with one attached hydrogen (secondary N) is 2. The van der Waals surface area contributed by atoms with Crippen LogP contribution in [-0.2, 0) is 7.05 Å². The topological polar surface area (TPSA) is 98.1 Å². The maximum absolute atomic E-state index is 6.23. The van der Waals surface area contributed by atoms with E-state index in [1.807, 2.05) is 19.3 Å². The third-order valence-electron chi connectivity index (χ3n) is 7.58. The SMILES string of the molecule is Cc1c2c(nn1C1CC(NCCN(C)C)C1)OCCCOc1c(cnn1C)-c1ccc3n[nH]c(c3c1)C=C2. The van der Waals surface area contributed by atoms with Gasteiger partial charge in [0.1, 0.15) is 0 Å². The molecule has 0 saturated heterocycles. The van der Waals surface area contributed by atoms with Crippen LogP contribution < -0.4 is 14.8 Å². The first kappa shape index (κ1) is 24.7. The van der Waals surface area contributed by atoms with Crippen molar-refractivity contribution in [2.45, 2.75) is 38.3 Å². The normalized spacial score (nSPS) is 19.4. The lowest BCUT2D eigenvalue weighted by Crippen LogP contribution is -2.44. The van der Waals surface area contributed by atoms with E-state index in [2.05, 4.69) is 75.5 Å². The lowest BCUT2D eigenvalue weighted by Gasteiger charge is -2.37. The minimum Gasteiger partial charge on any atom is -0.477 e. The highest BCUT2D eigenvalue weighted by Gasteiger charge is 2.33. The van der Waals surface area contributed by atoms with Gasteiger partial charge in [0, 0.05) is 43.7 Å². The van der Waals surface area contributed by atoms with Crippen molar-refractivity contribution in [1.29, 1.82) is 0 Å². The Labute approximate surface area is 222 Å². The largest absolute Gasteiger partial charge is 0.477 e. The van der Waals surface area contributed by atoms with Gasteiger partial charge in [-0.25, -0.2) is 4.68 Å². The molecule has 2 bridgehead atoms. The van der Waals surface area contributed by atoms with Crippen LogP contribution in [0.15, 0.2) is 24.4 Å². The molecule has 1 aromatic carbocycles. The number of benzene rings is 1. The van der Waals surface area contributed by atoms with E-state index in [9.17, 15) is 0 Å². The van der Waals surface area contributed by atoms with Gasteiger partial charge in [0.05, 0.1) is 47.8 Å². The molecule has 4 aromatic rings. The van der Waals surface area contributed by atoms with Crippen molar-refractivity contribution in [1.82, 2.24) is 40.0 Å². The smallest absolute Gasteiger partial charge is 0.240 e. The quantitative estimate of drug-likeness (QED) is 0.418. The molecule has 1 aliphatic carbocycles. The maximum Gasteiger partial charge on any atom is 0.240 e. The van der Waals surface area contributed by atoms with Crippen LogP contribution in [0.5, 0.6) is 11.8 Å². The van der Waals surface area contributed by atoms with E-state index in [1.165, 1.54) is 0 Å². The van der Waals surface area contributed by atoms with Gasteiger partial charge in [-0.15, -0.1) is 5.10 Å². The van der Waals surface area contributed by atoms with Crippen LogP contribution in [0.1, 0.15) is 42.3 Å². The fourth-order valence-electron chi connectivity index (χ4n) is 5.29. The van der Waals surface area contributed by atoms with Gasteiger partial charge in [0.25, 0.3) is 0 Å². The van der Waals surface area contributed by atoms with Gasteiger partial charge in [-0.05, 0) is 63.7 Å². The number of aryl methyl sites for hydroxylation is 1. The summed E-state index contributed by atoms with van der Waals surface area (Å²) in [6.45, 7) is 5.24. The first-order chi connectivity index (χ1) is 18.5. The number of H-pyrrole nitrogens is 1. The molecular formula is C28H36N8O2. The van der Waals surface area contributed by atoms with Gasteiger partial charge in [-0.1, -0.05) is 6.07 Å². The summed E-state index contributed by atoms with van der Waals surface area (Å²) in [6.07, 6.45) is 8.92. The van der Waals surface area contributed by atoms with Crippen LogP contribution in [0.4, 0.5) is 0 Å². The summed E-state index contributed by atoms with van der Waals surface area (Å²) in [5, 5.41) is 21.8. The summed E-state index contributed by atoms with van der Waals surface area (Å²) < 4.78 is 16.3. The summed E-state index contributed by atoms with van der Waals surface area (Å²) in [4.78, 5) is 2.20. The minimum atomic E-state index is 0.379. The van der Waals surface area contributed by atoms with Crippen LogP contribution in [0.25, 0.3) is 34.2 Å². The molecule has 2 N–H and O–H groups in total. The van der Waals surface area contributed by atoms with Crippen molar-refractivity contribution in [3.05, 3.63) is 41.3 Å². The van der Waals surface area contributed by atoms with Crippen molar-refractivity contribution >= 4 is 23.1 Å². The first-order valence-corrected chi connectivity index (χ1v) is 13.4. The number of ether oxygens (including phenoxy) is 2. The standard InChI is InChI=1S/C28H36N8O2/c1-18-22-7-9-26-23-14-19(6-8-25(23)31-32-26)24-17-30-35(4)28(24)38-13-5-12-37-27(22)33-36(18)21-15-20(16-21)29-10-11-34(2)3/h6-9,14,17,20-21,29H,5,10-13,15-16H2,1-4H3,(H,31,32). The molecule has 1 saturated carbocycles.